The van der Waals surface area contributed by atoms with Gasteiger partial charge in [0.25, 0.3) is 0 Å². The second-order valence-corrected chi connectivity index (χ2v) is 19.3. The van der Waals surface area contributed by atoms with Crippen LogP contribution in [0.3, 0.4) is 0 Å². The lowest BCUT2D eigenvalue weighted by molar-refractivity contribution is -0.137. The number of alkyl halides is 3. The molecule has 71 heavy (non-hydrogen) atoms. The number of nitrogens with one attached hydrogen (secondary N) is 5. The number of likely N-dealkylation sites (tertiary alicyclic amines) is 2. The Morgan fingerprint density at radius 3 is 2.41 bits per heavy atom. The lowest BCUT2D eigenvalue weighted by Gasteiger charge is -2.45. The fourth-order valence-corrected chi connectivity index (χ4v) is 10.3. The Morgan fingerprint density at radius 1 is 0.901 bits per heavy atom. The molecule has 2 saturated heterocycles. The Balaban J connectivity index is 0.799. The zero-order valence-corrected chi connectivity index (χ0v) is 40.7. The van der Waals surface area contributed by atoms with Gasteiger partial charge in [0.15, 0.2) is 0 Å². The first-order valence-electron chi connectivity index (χ1n) is 24.5. The molecule has 0 radical (unpaired) electrons. The first-order valence-corrected chi connectivity index (χ1v) is 24.5. The van der Waals surface area contributed by atoms with Gasteiger partial charge in [-0.05, 0) is 102 Å². The van der Waals surface area contributed by atoms with Crippen LogP contribution >= 0.6 is 0 Å². The van der Waals surface area contributed by atoms with Gasteiger partial charge in [-0.15, -0.1) is 0 Å². The van der Waals surface area contributed by atoms with Crippen molar-refractivity contribution >= 4 is 52.2 Å². The normalized spacial score (nSPS) is 24.9. The van der Waals surface area contributed by atoms with Crippen LogP contribution in [0.15, 0.2) is 49.1 Å². The number of hydrogen-bond acceptors (Lipinski definition) is 13. The summed E-state index contributed by atoms with van der Waals surface area (Å²) in [6.45, 7) is 4.85. The molecule has 2 saturated carbocycles. The molecule has 19 nitrogen and oxygen atoms in total. The van der Waals surface area contributed by atoms with Crippen molar-refractivity contribution in [2.75, 3.05) is 65.5 Å². The molecule has 2 aromatic heterocycles. The van der Waals surface area contributed by atoms with Gasteiger partial charge in [0.05, 0.1) is 61.5 Å². The summed E-state index contributed by atoms with van der Waals surface area (Å²) < 4.78 is 51.7. The van der Waals surface area contributed by atoms with Crippen molar-refractivity contribution < 1.29 is 51.4 Å². The number of hydrogen-bond donors (Lipinski definition) is 5. The Morgan fingerprint density at radius 2 is 1.68 bits per heavy atom. The van der Waals surface area contributed by atoms with Gasteiger partial charge in [-0.2, -0.15) is 13.2 Å². The highest BCUT2D eigenvalue weighted by atomic mass is 19.4. The summed E-state index contributed by atoms with van der Waals surface area (Å²) in [5.41, 5.74) is 0.272. The second kappa shape index (κ2) is 23.9. The summed E-state index contributed by atoms with van der Waals surface area (Å²) in [5.74, 6) is -2.18. The molecule has 0 unspecified atom stereocenters. The van der Waals surface area contributed by atoms with Crippen LogP contribution in [0.5, 0.6) is 0 Å². The third-order valence-electron chi connectivity index (χ3n) is 14.4. The minimum absolute atomic E-state index is 0.0992. The molecule has 2 aliphatic carbocycles. The van der Waals surface area contributed by atoms with Crippen molar-refractivity contribution in [1.82, 2.24) is 50.9 Å². The third kappa shape index (κ3) is 13.5. The summed E-state index contributed by atoms with van der Waals surface area (Å²) >= 11 is 0. The molecule has 4 aliphatic rings. The van der Waals surface area contributed by atoms with E-state index in [1.165, 1.54) is 12.4 Å². The fraction of sp³-hybridized carbons (Fsp3) is 0.612. The zero-order chi connectivity index (χ0) is 50.8. The van der Waals surface area contributed by atoms with Crippen molar-refractivity contribution in [3.8, 4) is 0 Å². The van der Waals surface area contributed by atoms with E-state index in [1.54, 1.807) is 35.3 Å². The molecular formula is C49H66F3N11O8. The van der Waals surface area contributed by atoms with Gasteiger partial charge >= 0.3 is 6.18 Å². The summed E-state index contributed by atoms with van der Waals surface area (Å²) in [6.07, 6.45) is 4.85. The molecule has 3 aromatic rings. The number of aromatic nitrogens is 3. The van der Waals surface area contributed by atoms with Crippen molar-refractivity contribution in [3.63, 3.8) is 0 Å². The van der Waals surface area contributed by atoms with Gasteiger partial charge in [-0.1, -0.05) is 6.07 Å². The fourth-order valence-electron chi connectivity index (χ4n) is 10.3. The SMILES string of the molecule is CC(C)N(C)[C@@H]1CC[C@H](N2CC[C@H](Nc3ncnc4ccc(C(F)(F)F)cc34)C2=O)[C@H](NC(=O)C2CCC(NC(=O)CNC(=O)COCCOCCNC(=O)[C@H]3CC(=O)N(C)[C@@H]3c3cccnc3)CC2)C1. The molecule has 1 aromatic carbocycles. The highest BCUT2D eigenvalue weighted by molar-refractivity contribution is 5.94. The monoisotopic (exact) mass is 994 g/mol. The largest absolute Gasteiger partial charge is 0.416 e. The van der Waals surface area contributed by atoms with E-state index in [0.29, 0.717) is 57.0 Å². The number of rotatable bonds is 20. The van der Waals surface area contributed by atoms with Gasteiger partial charge < -0.3 is 50.8 Å². The Bertz CT molecular complexity index is 2360. The summed E-state index contributed by atoms with van der Waals surface area (Å²) in [6, 6.07) is 5.40. The van der Waals surface area contributed by atoms with E-state index in [0.717, 1.165) is 24.1 Å². The molecule has 2 aliphatic heterocycles. The maximum Gasteiger partial charge on any atom is 0.416 e. The van der Waals surface area contributed by atoms with E-state index < -0.39 is 35.6 Å². The Labute approximate surface area is 411 Å². The van der Waals surface area contributed by atoms with Crippen LogP contribution in [0.1, 0.15) is 88.8 Å². The van der Waals surface area contributed by atoms with Crippen LogP contribution < -0.4 is 26.6 Å². The van der Waals surface area contributed by atoms with Gasteiger partial charge in [0.2, 0.25) is 35.4 Å². The third-order valence-corrected chi connectivity index (χ3v) is 14.4. The summed E-state index contributed by atoms with van der Waals surface area (Å²) in [4.78, 5) is 96.5. The van der Waals surface area contributed by atoms with Gasteiger partial charge in [-0.25, -0.2) is 9.97 Å². The van der Waals surface area contributed by atoms with E-state index in [4.69, 9.17) is 9.47 Å². The average molecular weight is 994 g/mol. The lowest BCUT2D eigenvalue weighted by atomic mass is 9.82. The minimum atomic E-state index is -4.56. The van der Waals surface area contributed by atoms with Crippen molar-refractivity contribution in [3.05, 3.63) is 60.2 Å². The van der Waals surface area contributed by atoms with Gasteiger partial charge in [0, 0.05) is 68.4 Å². The predicted molar refractivity (Wildman–Crippen MR) is 254 cm³/mol. The quantitative estimate of drug-likeness (QED) is 0.103. The number of nitrogens with zero attached hydrogens (tertiary/aromatic N) is 6. The molecule has 22 heteroatoms. The number of halogens is 3. The van der Waals surface area contributed by atoms with E-state index in [9.17, 15) is 41.9 Å². The average Bonchev–Trinajstić information content (AvgIpc) is 3.87. The number of anilines is 1. The number of carbonyl (C=O) groups is 6. The maximum absolute atomic E-state index is 14.1. The number of fused-ring (bicyclic) bond motifs is 1. The standard InChI is InChI=1S/C49H66F3N11O8/c1-29(2)61(3)34-12-14-40(63-18-15-38(48(63)69)59-45-35-22-32(49(50,51)52)9-13-37(35)56-28-57-45)39(23-34)60-46(67)30-7-10-33(11-8-30)58-41(64)26-55-42(65)27-71-21-20-70-19-17-54-47(68)36-24-43(66)62(4)44(36)31-6-5-16-53-25-31/h5-6,9,13,16,22,25,28-30,33-34,36,38-40,44H,7-8,10-12,14-15,17-21,23-24,26-27H2,1-4H3,(H,54,68)(H,55,65)(H,58,64)(H,60,67)(H,56,57,59)/t30?,33?,34-,36+,38+,39-,40+,44-/m1/s1. The topological polar surface area (TPSA) is 229 Å². The van der Waals surface area contributed by atoms with Gasteiger partial charge in [-0.3, -0.25) is 33.8 Å². The number of carbonyl (C=O) groups excluding carboxylic acids is 6. The Kier molecular flexibility index (Phi) is 17.8. The molecule has 4 fully saturated rings. The van der Waals surface area contributed by atoms with Crippen LogP contribution in [0.4, 0.5) is 19.0 Å². The first kappa shape index (κ1) is 52.8. The van der Waals surface area contributed by atoms with Crippen LogP contribution in [0, 0.1) is 11.8 Å². The molecule has 7 rings (SSSR count). The van der Waals surface area contributed by atoms with E-state index in [-0.39, 0.29) is 123 Å². The number of ether oxygens (including phenoxy) is 2. The van der Waals surface area contributed by atoms with Gasteiger partial charge in [0.1, 0.15) is 24.8 Å². The highest BCUT2D eigenvalue weighted by Gasteiger charge is 2.45. The van der Waals surface area contributed by atoms with Crippen LogP contribution in [0.2, 0.25) is 0 Å². The highest BCUT2D eigenvalue weighted by Crippen LogP contribution is 2.38. The summed E-state index contributed by atoms with van der Waals surface area (Å²) in [5, 5.41) is 14.9. The zero-order valence-electron chi connectivity index (χ0n) is 40.7. The number of pyridine rings is 1. The first-order chi connectivity index (χ1) is 34.0. The van der Waals surface area contributed by atoms with Crippen molar-refractivity contribution in [2.24, 2.45) is 11.8 Å². The molecule has 386 valence electrons. The van der Waals surface area contributed by atoms with E-state index in [1.807, 2.05) is 6.07 Å². The van der Waals surface area contributed by atoms with E-state index >= 15 is 0 Å². The molecule has 0 spiro atoms. The van der Waals surface area contributed by atoms with E-state index in [2.05, 4.69) is 67.3 Å². The number of benzene rings is 1. The number of amides is 6. The van der Waals surface area contributed by atoms with Crippen molar-refractivity contribution in [2.45, 2.75) is 120 Å². The predicted octanol–water partition coefficient (Wildman–Crippen LogP) is 2.96. The molecule has 6 atom stereocenters. The Hall–Kier alpha value is -6.00. The van der Waals surface area contributed by atoms with Crippen LogP contribution in [0.25, 0.3) is 10.9 Å². The summed E-state index contributed by atoms with van der Waals surface area (Å²) in [7, 11) is 3.74. The molecular weight excluding hydrogens is 928 g/mol. The molecule has 4 heterocycles. The second-order valence-electron chi connectivity index (χ2n) is 19.3. The minimum Gasteiger partial charge on any atom is -0.377 e. The molecule has 0 bridgehead atoms. The maximum atomic E-state index is 14.1. The lowest BCUT2D eigenvalue weighted by Crippen LogP contribution is -2.59. The van der Waals surface area contributed by atoms with Crippen LogP contribution in [-0.4, -0.2) is 162 Å². The van der Waals surface area contributed by atoms with Crippen LogP contribution in [-0.2, 0) is 44.4 Å². The smallest absolute Gasteiger partial charge is 0.377 e. The molecule has 5 N–H and O–H groups in total. The molecule has 6 amide bonds. The van der Waals surface area contributed by atoms with Crippen molar-refractivity contribution in [1.29, 1.82) is 0 Å².